The van der Waals surface area contributed by atoms with Crippen molar-refractivity contribution in [2.45, 2.75) is 130 Å². The van der Waals surface area contributed by atoms with Crippen LogP contribution in [-0.2, 0) is 13.0 Å². The van der Waals surface area contributed by atoms with Gasteiger partial charge in [-0.05, 0) is 18.9 Å². The molecule has 0 fully saturated rings. The van der Waals surface area contributed by atoms with E-state index >= 15 is 0 Å². The summed E-state index contributed by atoms with van der Waals surface area (Å²) in [5, 5.41) is 0. The fraction of sp³-hybridized carbons (Fsp3) is 0.800. The van der Waals surface area contributed by atoms with E-state index in [0.717, 1.165) is 0 Å². The van der Waals surface area contributed by atoms with Gasteiger partial charge < -0.3 is 0 Å². The highest BCUT2D eigenvalue weighted by atomic mass is 14.9. The van der Waals surface area contributed by atoms with Crippen molar-refractivity contribution in [1.29, 1.82) is 0 Å². The average molecular weight is 361 g/mol. The molecule has 1 nitrogen and oxygen atoms in total. The van der Waals surface area contributed by atoms with Crippen molar-refractivity contribution in [3.63, 3.8) is 0 Å². The summed E-state index contributed by atoms with van der Waals surface area (Å²) in [6.45, 7) is 5.73. The molecule has 0 spiro atoms. The van der Waals surface area contributed by atoms with Crippen molar-refractivity contribution >= 4 is 0 Å². The number of aromatic nitrogens is 1. The minimum Gasteiger partial charge on any atom is -0.205 e. The van der Waals surface area contributed by atoms with Gasteiger partial charge in [-0.1, -0.05) is 104 Å². The van der Waals surface area contributed by atoms with E-state index in [-0.39, 0.29) is 0 Å². The number of hydrogen-bond acceptors (Lipinski definition) is 0. The molecule has 1 heteroatoms. The molecule has 1 heterocycles. The topological polar surface area (TPSA) is 3.88 Å². The molecule has 0 unspecified atom stereocenters. The molecule has 0 saturated carbocycles. The molecule has 1 aromatic heterocycles. The minimum absolute atomic E-state index is 1.17. The SMILES string of the molecule is CCCCCCCCCCCCCCCCc1ccc[n+](CCCC)c1. The molecule has 0 aliphatic rings. The monoisotopic (exact) mass is 360 g/mol. The summed E-state index contributed by atoms with van der Waals surface area (Å²) in [4.78, 5) is 0. The van der Waals surface area contributed by atoms with Crippen LogP contribution in [0.1, 0.15) is 122 Å². The van der Waals surface area contributed by atoms with Crippen molar-refractivity contribution in [3.8, 4) is 0 Å². The molecule has 0 radical (unpaired) electrons. The van der Waals surface area contributed by atoms with Crippen LogP contribution in [0.4, 0.5) is 0 Å². The first-order chi connectivity index (χ1) is 12.9. The molecule has 0 atom stereocenters. The molecule has 26 heavy (non-hydrogen) atoms. The van der Waals surface area contributed by atoms with Gasteiger partial charge in [0.05, 0.1) is 0 Å². The first-order valence-corrected chi connectivity index (χ1v) is 11.8. The Morgan fingerprint density at radius 1 is 0.615 bits per heavy atom. The molecule has 0 saturated heterocycles. The van der Waals surface area contributed by atoms with Gasteiger partial charge >= 0.3 is 0 Å². The van der Waals surface area contributed by atoms with Gasteiger partial charge in [0, 0.05) is 18.1 Å². The summed E-state index contributed by atoms with van der Waals surface area (Å²) in [6.07, 6.45) is 28.5. The lowest BCUT2D eigenvalue weighted by Gasteiger charge is -2.04. The van der Waals surface area contributed by atoms with Gasteiger partial charge in [-0.25, -0.2) is 4.57 Å². The smallest absolute Gasteiger partial charge is 0.171 e. The highest BCUT2D eigenvalue weighted by Crippen LogP contribution is 2.13. The van der Waals surface area contributed by atoms with Crippen molar-refractivity contribution < 1.29 is 4.57 Å². The zero-order valence-electron chi connectivity index (χ0n) is 18.0. The van der Waals surface area contributed by atoms with E-state index in [1.54, 1.807) is 0 Å². The van der Waals surface area contributed by atoms with Crippen molar-refractivity contribution in [1.82, 2.24) is 0 Å². The van der Waals surface area contributed by atoms with Gasteiger partial charge in [0.1, 0.15) is 6.54 Å². The van der Waals surface area contributed by atoms with E-state index in [2.05, 4.69) is 42.9 Å². The number of aryl methyl sites for hydroxylation is 2. The minimum atomic E-state index is 1.17. The van der Waals surface area contributed by atoms with E-state index in [0.29, 0.717) is 0 Å². The number of rotatable bonds is 18. The molecule has 1 rings (SSSR count). The van der Waals surface area contributed by atoms with E-state index in [4.69, 9.17) is 0 Å². The Morgan fingerprint density at radius 2 is 1.12 bits per heavy atom. The Bertz CT molecular complexity index is 412. The third-order valence-corrected chi connectivity index (χ3v) is 5.51. The summed E-state index contributed by atoms with van der Waals surface area (Å²) < 4.78 is 2.36. The fourth-order valence-electron chi connectivity index (χ4n) is 3.73. The maximum Gasteiger partial charge on any atom is 0.171 e. The Kier molecular flexibility index (Phi) is 15.7. The maximum absolute atomic E-state index is 2.36. The van der Waals surface area contributed by atoms with Crippen LogP contribution >= 0.6 is 0 Å². The van der Waals surface area contributed by atoms with Crippen molar-refractivity contribution in [2.24, 2.45) is 0 Å². The molecule has 1 aromatic rings. The van der Waals surface area contributed by atoms with Crippen LogP contribution in [0.2, 0.25) is 0 Å². The number of pyridine rings is 1. The number of unbranched alkanes of at least 4 members (excludes halogenated alkanes) is 14. The van der Waals surface area contributed by atoms with Crippen LogP contribution < -0.4 is 4.57 Å². The standard InChI is InChI=1S/C25H46N/c1-3-5-7-8-9-10-11-12-13-14-15-16-17-18-20-25-21-19-23-26(24-25)22-6-4-2/h19,21,23-24H,3-18,20,22H2,1-2H3/q+1. The molecule has 0 amide bonds. The van der Waals surface area contributed by atoms with Gasteiger partial charge in [0.25, 0.3) is 0 Å². The van der Waals surface area contributed by atoms with Crippen molar-refractivity contribution in [3.05, 3.63) is 30.1 Å². The predicted molar refractivity (Wildman–Crippen MR) is 116 cm³/mol. The Labute approximate surface area is 164 Å². The molecule has 0 aromatic carbocycles. The summed E-state index contributed by atoms with van der Waals surface area (Å²) in [5.41, 5.74) is 1.52. The molecular weight excluding hydrogens is 314 g/mol. The van der Waals surface area contributed by atoms with Gasteiger partial charge in [-0.15, -0.1) is 0 Å². The van der Waals surface area contributed by atoms with Crippen LogP contribution in [0.5, 0.6) is 0 Å². The molecular formula is C25H46N+. The zero-order valence-corrected chi connectivity index (χ0v) is 18.0. The van der Waals surface area contributed by atoms with E-state index in [9.17, 15) is 0 Å². The third-order valence-electron chi connectivity index (χ3n) is 5.51. The Hall–Kier alpha value is -0.850. The van der Waals surface area contributed by atoms with Crippen LogP contribution in [0, 0.1) is 0 Å². The fourth-order valence-corrected chi connectivity index (χ4v) is 3.73. The van der Waals surface area contributed by atoms with Gasteiger partial charge in [-0.3, -0.25) is 0 Å². The lowest BCUT2D eigenvalue weighted by molar-refractivity contribution is -0.697. The Morgan fingerprint density at radius 3 is 1.65 bits per heavy atom. The molecule has 0 aliphatic heterocycles. The quantitative estimate of drug-likeness (QED) is 0.186. The summed E-state index contributed by atoms with van der Waals surface area (Å²) >= 11 is 0. The third kappa shape index (κ3) is 13.4. The second-order valence-electron chi connectivity index (χ2n) is 8.15. The lowest BCUT2D eigenvalue weighted by atomic mass is 10.0. The second kappa shape index (κ2) is 17.6. The largest absolute Gasteiger partial charge is 0.205 e. The van der Waals surface area contributed by atoms with E-state index in [1.165, 1.54) is 121 Å². The van der Waals surface area contributed by atoms with Gasteiger partial charge in [0.2, 0.25) is 0 Å². The van der Waals surface area contributed by atoms with Crippen molar-refractivity contribution in [2.75, 3.05) is 0 Å². The molecule has 0 bridgehead atoms. The summed E-state index contributed by atoms with van der Waals surface area (Å²) in [6, 6.07) is 4.51. The first-order valence-electron chi connectivity index (χ1n) is 11.8. The van der Waals surface area contributed by atoms with E-state index < -0.39 is 0 Å². The first kappa shape index (κ1) is 23.2. The Balaban J connectivity index is 1.87. The molecule has 0 aliphatic carbocycles. The molecule has 150 valence electrons. The van der Waals surface area contributed by atoms with Gasteiger partial charge in [0.15, 0.2) is 12.4 Å². The number of hydrogen-bond donors (Lipinski definition) is 0. The van der Waals surface area contributed by atoms with E-state index in [1.807, 2.05) is 0 Å². The predicted octanol–water partition coefficient (Wildman–Crippen LogP) is 7.80. The second-order valence-corrected chi connectivity index (χ2v) is 8.15. The number of nitrogens with zero attached hydrogens (tertiary/aromatic N) is 1. The highest BCUT2D eigenvalue weighted by molar-refractivity contribution is 5.05. The molecule has 0 N–H and O–H groups in total. The van der Waals surface area contributed by atoms with Crippen LogP contribution in [0.15, 0.2) is 24.5 Å². The normalized spacial score (nSPS) is 11.2. The summed E-state index contributed by atoms with van der Waals surface area (Å²) in [5.74, 6) is 0. The van der Waals surface area contributed by atoms with Crippen LogP contribution in [-0.4, -0.2) is 0 Å². The zero-order chi connectivity index (χ0) is 18.7. The van der Waals surface area contributed by atoms with Gasteiger partial charge in [-0.2, -0.15) is 0 Å². The maximum atomic E-state index is 2.36. The average Bonchev–Trinajstić information content (AvgIpc) is 2.67. The van der Waals surface area contributed by atoms with Crippen LogP contribution in [0.3, 0.4) is 0 Å². The highest BCUT2D eigenvalue weighted by Gasteiger charge is 2.02. The summed E-state index contributed by atoms with van der Waals surface area (Å²) in [7, 11) is 0. The lowest BCUT2D eigenvalue weighted by Crippen LogP contribution is -2.33. The van der Waals surface area contributed by atoms with Crippen LogP contribution in [0.25, 0.3) is 0 Å².